The summed E-state index contributed by atoms with van der Waals surface area (Å²) in [5, 5.41) is 1.95. The van der Waals surface area contributed by atoms with Gasteiger partial charge in [0.1, 0.15) is 11.2 Å². The van der Waals surface area contributed by atoms with Crippen molar-refractivity contribution in [3.63, 3.8) is 0 Å². The van der Waals surface area contributed by atoms with Crippen molar-refractivity contribution in [2.24, 2.45) is 0 Å². The first-order valence-corrected chi connectivity index (χ1v) is 8.31. The lowest BCUT2D eigenvalue weighted by Crippen LogP contribution is -2.32. The Balaban J connectivity index is 1.52. The maximum absolute atomic E-state index is 12.3. The van der Waals surface area contributed by atoms with E-state index in [1.54, 1.807) is 6.07 Å². The highest BCUT2D eigenvalue weighted by Crippen LogP contribution is 2.29. The van der Waals surface area contributed by atoms with Crippen molar-refractivity contribution in [3.05, 3.63) is 78.4 Å². The predicted molar refractivity (Wildman–Crippen MR) is 96.6 cm³/mol. The smallest absolute Gasteiger partial charge is 0.266 e. The van der Waals surface area contributed by atoms with Crippen LogP contribution < -0.4 is 10.3 Å². The fourth-order valence-electron chi connectivity index (χ4n) is 2.56. The van der Waals surface area contributed by atoms with Crippen molar-refractivity contribution in [2.75, 3.05) is 0 Å². The van der Waals surface area contributed by atoms with Crippen LogP contribution in [0.5, 0.6) is 0 Å². The van der Waals surface area contributed by atoms with Gasteiger partial charge in [-0.3, -0.25) is 10.2 Å². The van der Waals surface area contributed by atoms with Crippen LogP contribution in [0.4, 0.5) is 0 Å². The van der Waals surface area contributed by atoms with E-state index < -0.39 is 0 Å². The number of hydrazine groups is 1. The van der Waals surface area contributed by atoms with Gasteiger partial charge in [-0.2, -0.15) is 4.83 Å². The average Bonchev–Trinajstić information content (AvgIpc) is 3.00. The highest BCUT2D eigenvalue weighted by Gasteiger charge is 2.10. The van der Waals surface area contributed by atoms with Gasteiger partial charge in [0, 0.05) is 21.2 Å². The van der Waals surface area contributed by atoms with E-state index in [4.69, 9.17) is 4.42 Å². The molecule has 4 nitrogen and oxygen atoms in total. The Labute approximate surface area is 143 Å². The zero-order valence-corrected chi connectivity index (χ0v) is 13.5. The van der Waals surface area contributed by atoms with E-state index in [9.17, 15) is 4.79 Å². The van der Waals surface area contributed by atoms with Crippen molar-refractivity contribution >= 4 is 39.8 Å². The van der Waals surface area contributed by atoms with Crippen molar-refractivity contribution in [1.82, 2.24) is 10.3 Å². The normalized spacial score (nSPS) is 11.0. The van der Waals surface area contributed by atoms with E-state index in [0.717, 1.165) is 26.8 Å². The number of carbonyl (C=O) groups is 1. The molecule has 0 radical (unpaired) electrons. The number of nitrogens with one attached hydrogen (secondary N) is 2. The van der Waals surface area contributed by atoms with Crippen LogP contribution in [0.25, 0.3) is 21.9 Å². The fourth-order valence-corrected chi connectivity index (χ4v) is 3.11. The second-order valence-electron chi connectivity index (χ2n) is 5.28. The van der Waals surface area contributed by atoms with Gasteiger partial charge < -0.3 is 4.42 Å². The molecule has 0 bridgehead atoms. The van der Waals surface area contributed by atoms with Crippen molar-refractivity contribution < 1.29 is 9.21 Å². The van der Waals surface area contributed by atoms with Gasteiger partial charge in [-0.05, 0) is 48.3 Å². The number of amides is 1. The standard InChI is InChI=1S/C19H14N2O2S/c22-19(20-21-24-14-6-2-1-3-7-14)13-10-11-18-16(12-13)15-8-4-5-9-17(15)23-18/h1-12,21H,(H,20,22). The molecule has 0 spiro atoms. The third-order valence-corrected chi connectivity index (χ3v) is 4.43. The summed E-state index contributed by atoms with van der Waals surface area (Å²) in [5.74, 6) is -0.189. The van der Waals surface area contributed by atoms with Crippen LogP contribution in [0, 0.1) is 0 Å². The van der Waals surface area contributed by atoms with Crippen LogP contribution in [0.15, 0.2) is 82.1 Å². The maximum Gasteiger partial charge on any atom is 0.266 e. The molecule has 4 rings (SSSR count). The van der Waals surface area contributed by atoms with Gasteiger partial charge in [-0.1, -0.05) is 36.4 Å². The van der Waals surface area contributed by atoms with E-state index in [0.29, 0.717) is 5.56 Å². The highest BCUT2D eigenvalue weighted by molar-refractivity contribution is 7.97. The lowest BCUT2D eigenvalue weighted by molar-refractivity contribution is 0.0947. The minimum Gasteiger partial charge on any atom is -0.456 e. The van der Waals surface area contributed by atoms with Gasteiger partial charge >= 0.3 is 0 Å². The topological polar surface area (TPSA) is 54.3 Å². The lowest BCUT2D eigenvalue weighted by atomic mass is 10.1. The van der Waals surface area contributed by atoms with Crippen molar-refractivity contribution in [3.8, 4) is 0 Å². The molecular formula is C19H14N2O2S. The lowest BCUT2D eigenvalue weighted by Gasteiger charge is -2.06. The summed E-state index contributed by atoms with van der Waals surface area (Å²) in [4.78, 5) is 16.2. The van der Waals surface area contributed by atoms with Gasteiger partial charge in [0.25, 0.3) is 5.91 Å². The largest absolute Gasteiger partial charge is 0.456 e. The minimum atomic E-state index is -0.189. The van der Waals surface area contributed by atoms with Crippen molar-refractivity contribution in [1.29, 1.82) is 0 Å². The Morgan fingerprint density at radius 1 is 0.833 bits per heavy atom. The summed E-state index contributed by atoms with van der Waals surface area (Å²) in [6, 6.07) is 23.0. The second-order valence-corrected chi connectivity index (χ2v) is 6.16. The molecule has 1 aromatic heterocycles. The van der Waals surface area contributed by atoms with Gasteiger partial charge in [0.2, 0.25) is 0 Å². The summed E-state index contributed by atoms with van der Waals surface area (Å²) in [5.41, 5.74) is 4.87. The first kappa shape index (κ1) is 14.8. The van der Waals surface area contributed by atoms with Crippen molar-refractivity contribution in [2.45, 2.75) is 4.90 Å². The number of hydrogen-bond acceptors (Lipinski definition) is 4. The molecule has 1 heterocycles. The monoisotopic (exact) mass is 334 g/mol. The highest BCUT2D eigenvalue weighted by atomic mass is 32.2. The van der Waals surface area contributed by atoms with E-state index >= 15 is 0 Å². The van der Waals surface area contributed by atoms with Gasteiger partial charge in [0.05, 0.1) is 0 Å². The molecule has 0 saturated heterocycles. The number of rotatable bonds is 4. The molecule has 1 amide bonds. The molecule has 2 N–H and O–H groups in total. The van der Waals surface area contributed by atoms with Crippen LogP contribution in [0.3, 0.4) is 0 Å². The summed E-state index contributed by atoms with van der Waals surface area (Å²) < 4.78 is 5.77. The van der Waals surface area contributed by atoms with E-state index in [2.05, 4.69) is 10.3 Å². The molecule has 0 aliphatic rings. The Hall–Kier alpha value is -2.76. The van der Waals surface area contributed by atoms with Gasteiger partial charge in [0.15, 0.2) is 0 Å². The zero-order chi connectivity index (χ0) is 16.4. The summed E-state index contributed by atoms with van der Waals surface area (Å²) >= 11 is 1.35. The quantitative estimate of drug-likeness (QED) is 0.425. The molecule has 5 heteroatoms. The Bertz CT molecular complexity index is 1010. The molecule has 0 aliphatic carbocycles. The number of hydrogen-bond donors (Lipinski definition) is 2. The average molecular weight is 334 g/mol. The van der Waals surface area contributed by atoms with Crippen LogP contribution in [-0.2, 0) is 0 Å². The maximum atomic E-state index is 12.3. The molecule has 0 fully saturated rings. The summed E-state index contributed by atoms with van der Waals surface area (Å²) in [7, 11) is 0. The van der Waals surface area contributed by atoms with Crippen LogP contribution in [0.1, 0.15) is 10.4 Å². The molecule has 24 heavy (non-hydrogen) atoms. The number of para-hydroxylation sites is 1. The van der Waals surface area contributed by atoms with E-state index in [-0.39, 0.29) is 5.91 Å². The van der Waals surface area contributed by atoms with E-state index in [1.807, 2.05) is 66.7 Å². The number of furan rings is 1. The SMILES string of the molecule is O=C(NNSc1ccccc1)c1ccc2oc3ccccc3c2c1. The predicted octanol–water partition coefficient (Wildman–Crippen LogP) is 4.53. The summed E-state index contributed by atoms with van der Waals surface area (Å²) in [6.07, 6.45) is 0. The molecular weight excluding hydrogens is 320 g/mol. The van der Waals surface area contributed by atoms with E-state index in [1.165, 1.54) is 11.9 Å². The zero-order valence-electron chi connectivity index (χ0n) is 12.7. The Morgan fingerprint density at radius 3 is 2.46 bits per heavy atom. The third-order valence-electron chi connectivity index (χ3n) is 3.72. The molecule has 0 atom stereocenters. The number of benzene rings is 3. The molecule has 3 aromatic carbocycles. The third kappa shape index (κ3) is 2.87. The van der Waals surface area contributed by atoms with Crippen LogP contribution in [0.2, 0.25) is 0 Å². The van der Waals surface area contributed by atoms with Gasteiger partial charge in [-0.15, -0.1) is 0 Å². The second kappa shape index (κ2) is 6.39. The first-order valence-electron chi connectivity index (χ1n) is 7.50. The number of carbonyl (C=O) groups excluding carboxylic acids is 1. The molecule has 118 valence electrons. The van der Waals surface area contributed by atoms with Crippen LogP contribution in [-0.4, -0.2) is 5.91 Å². The van der Waals surface area contributed by atoms with Gasteiger partial charge in [-0.25, -0.2) is 0 Å². The fraction of sp³-hybridized carbons (Fsp3) is 0. The minimum absolute atomic E-state index is 0.189. The summed E-state index contributed by atoms with van der Waals surface area (Å²) in [6.45, 7) is 0. The molecule has 0 unspecified atom stereocenters. The first-order chi connectivity index (χ1) is 11.8. The molecule has 0 saturated carbocycles. The Kier molecular flexibility index (Phi) is 3.94. The number of fused-ring (bicyclic) bond motifs is 3. The Morgan fingerprint density at radius 2 is 1.58 bits per heavy atom. The molecule has 4 aromatic rings. The van der Waals surface area contributed by atoms with Crippen LogP contribution >= 0.6 is 11.9 Å². The molecule has 0 aliphatic heterocycles.